The molecule has 4 heterocycles. The Bertz CT molecular complexity index is 1260. The molecule has 35 heavy (non-hydrogen) atoms. The van der Waals surface area contributed by atoms with E-state index in [4.69, 9.17) is 10.7 Å². The number of rotatable bonds is 5. The normalized spacial score (nSPS) is 15.5. The van der Waals surface area contributed by atoms with Crippen molar-refractivity contribution < 1.29 is 4.79 Å². The summed E-state index contributed by atoms with van der Waals surface area (Å²) in [6.07, 6.45) is 8.49. The summed E-state index contributed by atoms with van der Waals surface area (Å²) in [5, 5.41) is 12.4. The maximum absolute atomic E-state index is 11.6. The van der Waals surface area contributed by atoms with E-state index in [1.165, 1.54) is 18.4 Å². The first-order valence-electron chi connectivity index (χ1n) is 11.5. The monoisotopic (exact) mass is 490 g/mol. The molecular formula is C25H27ClN8O. The van der Waals surface area contributed by atoms with Crippen molar-refractivity contribution in [1.29, 1.82) is 5.26 Å². The number of carbonyl (C=O) groups excluding carboxylic acids is 1. The first-order chi connectivity index (χ1) is 16.6. The fourth-order valence-electron chi connectivity index (χ4n) is 4.25. The topological polar surface area (TPSA) is 124 Å². The third-order valence-corrected chi connectivity index (χ3v) is 6.23. The number of pyridine rings is 3. The minimum atomic E-state index is -0.371. The van der Waals surface area contributed by atoms with Crippen LogP contribution in [0.3, 0.4) is 0 Å². The van der Waals surface area contributed by atoms with Crippen molar-refractivity contribution in [2.24, 2.45) is 5.73 Å². The number of nitrogens with one attached hydrogen (secondary N) is 1. The number of anilines is 3. The first kappa shape index (κ1) is 24.2. The largest absolute Gasteiger partial charge is 0.368 e. The molecule has 0 radical (unpaired) electrons. The Morgan fingerprint density at radius 1 is 1.09 bits per heavy atom. The second kappa shape index (κ2) is 10.6. The van der Waals surface area contributed by atoms with E-state index < -0.39 is 0 Å². The Morgan fingerprint density at radius 2 is 1.94 bits per heavy atom. The van der Waals surface area contributed by atoms with Gasteiger partial charge in [-0.05, 0) is 61.1 Å². The predicted molar refractivity (Wildman–Crippen MR) is 137 cm³/mol. The molecule has 1 saturated carbocycles. The van der Waals surface area contributed by atoms with Crippen LogP contribution in [0.2, 0.25) is 0 Å². The van der Waals surface area contributed by atoms with Crippen LogP contribution in [0.1, 0.15) is 36.3 Å². The molecule has 1 saturated heterocycles. The maximum atomic E-state index is 11.6. The number of carbonyl (C=O) groups is 1. The van der Waals surface area contributed by atoms with E-state index in [0.717, 1.165) is 29.9 Å². The average molecular weight is 491 g/mol. The van der Waals surface area contributed by atoms with Gasteiger partial charge in [-0.3, -0.25) is 4.98 Å². The average Bonchev–Trinajstić information content (AvgIpc) is 3.71. The van der Waals surface area contributed by atoms with Gasteiger partial charge < -0.3 is 20.9 Å². The van der Waals surface area contributed by atoms with Crippen molar-refractivity contribution in [1.82, 2.24) is 19.9 Å². The first-order valence-corrected chi connectivity index (χ1v) is 11.5. The number of primary amides is 1. The lowest BCUT2D eigenvalue weighted by atomic mass is 10.1. The lowest BCUT2D eigenvalue weighted by molar-refractivity contribution is 0.211. The quantitative estimate of drug-likeness (QED) is 0.552. The Balaban J connectivity index is 0.00000289. The van der Waals surface area contributed by atoms with Gasteiger partial charge in [-0.15, -0.1) is 12.4 Å². The zero-order valence-electron chi connectivity index (χ0n) is 19.2. The SMILES string of the molecule is Cl.N#Cc1ccnc(Nc2cc(C3CC3)cc(-c3cncc(N4CCCN(C(N)=O)CC4)c3)n2)c1. The smallest absolute Gasteiger partial charge is 0.314 e. The van der Waals surface area contributed by atoms with Crippen LogP contribution in [-0.4, -0.2) is 52.1 Å². The molecular weight excluding hydrogens is 464 g/mol. The highest BCUT2D eigenvalue weighted by Crippen LogP contribution is 2.42. The highest BCUT2D eigenvalue weighted by molar-refractivity contribution is 5.85. The van der Waals surface area contributed by atoms with Gasteiger partial charge >= 0.3 is 6.03 Å². The Morgan fingerprint density at radius 3 is 2.71 bits per heavy atom. The molecule has 1 aliphatic carbocycles. The fourth-order valence-corrected chi connectivity index (χ4v) is 4.25. The molecule has 2 amide bonds. The Kier molecular flexibility index (Phi) is 7.32. The Hall–Kier alpha value is -3.90. The summed E-state index contributed by atoms with van der Waals surface area (Å²) in [4.78, 5) is 29.1. The molecule has 9 nitrogen and oxygen atoms in total. The summed E-state index contributed by atoms with van der Waals surface area (Å²) < 4.78 is 0. The minimum absolute atomic E-state index is 0. The van der Waals surface area contributed by atoms with E-state index in [9.17, 15) is 10.1 Å². The molecule has 0 spiro atoms. The third-order valence-electron chi connectivity index (χ3n) is 6.23. The molecule has 2 aliphatic rings. The van der Waals surface area contributed by atoms with E-state index in [1.54, 1.807) is 23.2 Å². The zero-order chi connectivity index (χ0) is 23.5. The Labute approximate surface area is 210 Å². The maximum Gasteiger partial charge on any atom is 0.314 e. The fraction of sp³-hybridized carbons (Fsp3) is 0.320. The van der Waals surface area contributed by atoms with Gasteiger partial charge in [-0.25, -0.2) is 14.8 Å². The van der Waals surface area contributed by atoms with Crippen molar-refractivity contribution in [2.45, 2.75) is 25.2 Å². The van der Waals surface area contributed by atoms with Crippen molar-refractivity contribution in [3.8, 4) is 17.3 Å². The summed E-state index contributed by atoms with van der Waals surface area (Å²) in [5.74, 6) is 1.82. The van der Waals surface area contributed by atoms with Crippen molar-refractivity contribution in [3.05, 3.63) is 60.0 Å². The molecule has 2 fully saturated rings. The molecule has 3 aromatic heterocycles. The van der Waals surface area contributed by atoms with Crippen molar-refractivity contribution in [3.63, 3.8) is 0 Å². The van der Waals surface area contributed by atoms with Crippen LogP contribution in [0.25, 0.3) is 11.3 Å². The molecule has 0 atom stereocenters. The molecule has 5 rings (SSSR count). The molecule has 0 bridgehead atoms. The van der Waals surface area contributed by atoms with Crippen LogP contribution < -0.4 is 16.0 Å². The van der Waals surface area contributed by atoms with Gasteiger partial charge in [-0.1, -0.05) is 0 Å². The second-order valence-corrected chi connectivity index (χ2v) is 8.71. The number of nitriles is 1. The summed E-state index contributed by atoms with van der Waals surface area (Å²) in [5.41, 5.74) is 10.0. The number of urea groups is 1. The summed E-state index contributed by atoms with van der Waals surface area (Å²) in [6, 6.07) is 11.5. The van der Waals surface area contributed by atoms with Crippen molar-refractivity contribution in [2.75, 3.05) is 36.4 Å². The van der Waals surface area contributed by atoms with E-state index in [0.29, 0.717) is 42.8 Å². The van der Waals surface area contributed by atoms with Crippen LogP contribution in [0.15, 0.2) is 48.9 Å². The molecule has 180 valence electrons. The zero-order valence-corrected chi connectivity index (χ0v) is 20.0. The number of nitrogens with zero attached hydrogens (tertiary/aromatic N) is 6. The number of halogens is 1. The lowest BCUT2D eigenvalue weighted by Gasteiger charge is -2.23. The van der Waals surface area contributed by atoms with E-state index in [1.807, 2.05) is 12.4 Å². The van der Waals surface area contributed by atoms with Gasteiger partial charge in [0.2, 0.25) is 0 Å². The van der Waals surface area contributed by atoms with Crippen LogP contribution >= 0.6 is 12.4 Å². The molecule has 1 aliphatic heterocycles. The van der Waals surface area contributed by atoms with Gasteiger partial charge in [0.05, 0.1) is 29.2 Å². The van der Waals surface area contributed by atoms with Gasteiger partial charge in [0, 0.05) is 44.1 Å². The summed E-state index contributed by atoms with van der Waals surface area (Å²) in [7, 11) is 0. The summed E-state index contributed by atoms with van der Waals surface area (Å²) in [6.45, 7) is 2.80. The summed E-state index contributed by atoms with van der Waals surface area (Å²) >= 11 is 0. The third kappa shape index (κ3) is 5.78. The van der Waals surface area contributed by atoms with Gasteiger partial charge in [0.1, 0.15) is 11.6 Å². The van der Waals surface area contributed by atoms with Gasteiger partial charge in [0.25, 0.3) is 0 Å². The van der Waals surface area contributed by atoms with Crippen LogP contribution in [0.4, 0.5) is 22.1 Å². The number of hydrogen-bond donors (Lipinski definition) is 2. The van der Waals surface area contributed by atoms with Gasteiger partial charge in [-0.2, -0.15) is 5.26 Å². The lowest BCUT2D eigenvalue weighted by Crippen LogP contribution is -2.38. The molecule has 10 heteroatoms. The van der Waals surface area contributed by atoms with Gasteiger partial charge in [0.15, 0.2) is 0 Å². The molecule has 3 N–H and O–H groups in total. The van der Waals surface area contributed by atoms with Crippen LogP contribution in [0, 0.1) is 11.3 Å². The molecule has 0 unspecified atom stereocenters. The van der Waals surface area contributed by atoms with E-state index >= 15 is 0 Å². The van der Waals surface area contributed by atoms with E-state index in [-0.39, 0.29) is 18.4 Å². The second-order valence-electron chi connectivity index (χ2n) is 8.71. The number of nitrogens with two attached hydrogens (primary N) is 1. The minimum Gasteiger partial charge on any atom is -0.368 e. The molecule has 0 aromatic carbocycles. The van der Waals surface area contributed by atoms with Crippen molar-refractivity contribution >= 4 is 35.8 Å². The van der Waals surface area contributed by atoms with Crippen LogP contribution in [0.5, 0.6) is 0 Å². The molecule has 3 aromatic rings. The number of hydrogen-bond acceptors (Lipinski definition) is 7. The predicted octanol–water partition coefficient (Wildman–Crippen LogP) is 4.04. The van der Waals surface area contributed by atoms with E-state index in [2.05, 4.69) is 44.5 Å². The highest BCUT2D eigenvalue weighted by atomic mass is 35.5. The standard InChI is InChI=1S/C25H26N8O.ClH/c26-14-17-4-5-29-23(10-17)31-24-13-19(18-2-3-18)12-22(30-24)20-11-21(16-28-15-20)32-6-1-7-33(9-8-32)25(27)34;/h4-5,10-13,15-16,18H,1-3,6-9H2,(H2,27,34)(H,29,30,31);1H. The number of aromatic nitrogens is 3. The number of amides is 2. The van der Waals surface area contributed by atoms with Crippen LogP contribution in [-0.2, 0) is 0 Å². The highest BCUT2D eigenvalue weighted by Gasteiger charge is 2.25.